The molecule has 2 aliphatic heterocycles. The normalized spacial score (nSPS) is 20.3. The SMILES string of the molecule is CC1CCCN(C(=O)CCNC(=O)c2cccc(N3CCCC3=O)c2)C1. The molecule has 1 aromatic carbocycles. The summed E-state index contributed by atoms with van der Waals surface area (Å²) in [5.74, 6) is 0.550. The fourth-order valence-electron chi connectivity index (χ4n) is 3.70. The molecule has 3 amide bonds. The van der Waals surface area contributed by atoms with Crippen molar-refractivity contribution in [1.82, 2.24) is 10.2 Å². The summed E-state index contributed by atoms with van der Waals surface area (Å²) < 4.78 is 0. The lowest BCUT2D eigenvalue weighted by Crippen LogP contribution is -2.40. The van der Waals surface area contributed by atoms with Crippen molar-refractivity contribution in [3.8, 4) is 0 Å². The van der Waals surface area contributed by atoms with Crippen LogP contribution in [-0.2, 0) is 9.59 Å². The molecule has 140 valence electrons. The maximum atomic E-state index is 12.4. The van der Waals surface area contributed by atoms with Crippen LogP contribution in [0, 0.1) is 5.92 Å². The Labute approximate surface area is 154 Å². The van der Waals surface area contributed by atoms with E-state index in [-0.39, 0.29) is 17.7 Å². The van der Waals surface area contributed by atoms with Gasteiger partial charge in [-0.2, -0.15) is 0 Å². The van der Waals surface area contributed by atoms with Gasteiger partial charge in [-0.25, -0.2) is 0 Å². The molecule has 1 N–H and O–H groups in total. The van der Waals surface area contributed by atoms with Crippen molar-refractivity contribution in [2.75, 3.05) is 31.1 Å². The highest BCUT2D eigenvalue weighted by Gasteiger charge is 2.23. The maximum Gasteiger partial charge on any atom is 0.251 e. The van der Waals surface area contributed by atoms with Crippen molar-refractivity contribution >= 4 is 23.4 Å². The minimum atomic E-state index is -0.210. The van der Waals surface area contributed by atoms with Gasteiger partial charge in [0.05, 0.1) is 0 Å². The van der Waals surface area contributed by atoms with E-state index in [0.29, 0.717) is 37.4 Å². The largest absolute Gasteiger partial charge is 0.352 e. The van der Waals surface area contributed by atoms with Gasteiger partial charge in [-0.3, -0.25) is 14.4 Å². The molecule has 1 unspecified atom stereocenters. The zero-order valence-corrected chi connectivity index (χ0v) is 15.4. The van der Waals surface area contributed by atoms with E-state index in [1.165, 1.54) is 6.42 Å². The lowest BCUT2D eigenvalue weighted by atomic mass is 10.00. The van der Waals surface area contributed by atoms with E-state index >= 15 is 0 Å². The Bertz CT molecular complexity index is 689. The Morgan fingerprint density at radius 3 is 2.81 bits per heavy atom. The summed E-state index contributed by atoms with van der Waals surface area (Å²) in [6, 6.07) is 7.11. The number of piperidine rings is 1. The van der Waals surface area contributed by atoms with E-state index in [1.807, 2.05) is 11.0 Å². The van der Waals surface area contributed by atoms with Crippen LogP contribution in [0.3, 0.4) is 0 Å². The first-order chi connectivity index (χ1) is 12.5. The van der Waals surface area contributed by atoms with Crippen LogP contribution in [0.1, 0.15) is 49.4 Å². The molecule has 26 heavy (non-hydrogen) atoms. The zero-order valence-electron chi connectivity index (χ0n) is 15.4. The second-order valence-electron chi connectivity index (χ2n) is 7.29. The molecule has 3 rings (SSSR count). The Hall–Kier alpha value is -2.37. The van der Waals surface area contributed by atoms with Crippen LogP contribution < -0.4 is 10.2 Å². The number of hydrogen-bond donors (Lipinski definition) is 1. The van der Waals surface area contributed by atoms with Gasteiger partial charge in [0.2, 0.25) is 11.8 Å². The number of nitrogens with zero attached hydrogens (tertiary/aromatic N) is 2. The summed E-state index contributed by atoms with van der Waals surface area (Å²) in [4.78, 5) is 40.1. The van der Waals surface area contributed by atoms with Crippen molar-refractivity contribution in [3.05, 3.63) is 29.8 Å². The molecular formula is C20H27N3O3. The first-order valence-corrected chi connectivity index (χ1v) is 9.51. The third-order valence-electron chi connectivity index (χ3n) is 5.13. The van der Waals surface area contributed by atoms with E-state index in [2.05, 4.69) is 12.2 Å². The third kappa shape index (κ3) is 4.42. The van der Waals surface area contributed by atoms with Crippen LogP contribution in [0.25, 0.3) is 0 Å². The van der Waals surface area contributed by atoms with Gasteiger partial charge in [-0.1, -0.05) is 13.0 Å². The second kappa shape index (κ2) is 8.34. The monoisotopic (exact) mass is 357 g/mol. The van der Waals surface area contributed by atoms with Gasteiger partial charge >= 0.3 is 0 Å². The van der Waals surface area contributed by atoms with Gasteiger partial charge in [0.1, 0.15) is 0 Å². The summed E-state index contributed by atoms with van der Waals surface area (Å²) in [6.07, 6.45) is 3.97. The molecule has 1 atom stereocenters. The summed E-state index contributed by atoms with van der Waals surface area (Å²) in [5.41, 5.74) is 1.28. The molecule has 6 nitrogen and oxygen atoms in total. The maximum absolute atomic E-state index is 12.4. The van der Waals surface area contributed by atoms with Gasteiger partial charge in [-0.05, 0) is 43.4 Å². The van der Waals surface area contributed by atoms with Gasteiger partial charge in [0.25, 0.3) is 5.91 Å². The van der Waals surface area contributed by atoms with E-state index < -0.39 is 0 Å². The van der Waals surface area contributed by atoms with Gasteiger partial charge < -0.3 is 15.1 Å². The van der Waals surface area contributed by atoms with E-state index in [1.54, 1.807) is 23.1 Å². The number of rotatable bonds is 5. The van der Waals surface area contributed by atoms with Crippen LogP contribution in [0.15, 0.2) is 24.3 Å². The number of hydrogen-bond acceptors (Lipinski definition) is 3. The van der Waals surface area contributed by atoms with Crippen LogP contribution in [-0.4, -0.2) is 48.8 Å². The average molecular weight is 357 g/mol. The van der Waals surface area contributed by atoms with Crippen LogP contribution in [0.2, 0.25) is 0 Å². The van der Waals surface area contributed by atoms with Crippen molar-refractivity contribution in [3.63, 3.8) is 0 Å². The highest BCUT2D eigenvalue weighted by Crippen LogP contribution is 2.22. The van der Waals surface area contributed by atoms with Crippen molar-refractivity contribution in [2.24, 2.45) is 5.92 Å². The molecule has 0 aromatic heterocycles. The zero-order chi connectivity index (χ0) is 18.5. The quantitative estimate of drug-likeness (QED) is 0.878. The molecule has 1 aromatic rings. The van der Waals surface area contributed by atoms with Gasteiger partial charge in [0.15, 0.2) is 0 Å². The number of nitrogens with one attached hydrogen (secondary N) is 1. The Morgan fingerprint density at radius 1 is 1.23 bits per heavy atom. The van der Waals surface area contributed by atoms with Crippen LogP contribution in [0.4, 0.5) is 5.69 Å². The number of carbonyl (C=O) groups excluding carboxylic acids is 3. The minimum Gasteiger partial charge on any atom is -0.352 e. The lowest BCUT2D eigenvalue weighted by molar-refractivity contribution is -0.132. The van der Waals surface area contributed by atoms with Crippen LogP contribution >= 0.6 is 0 Å². The summed E-state index contributed by atoms with van der Waals surface area (Å²) in [6.45, 7) is 4.84. The predicted octanol–water partition coefficient (Wildman–Crippen LogP) is 2.19. The molecule has 6 heteroatoms. The van der Waals surface area contributed by atoms with E-state index in [0.717, 1.165) is 31.6 Å². The molecule has 0 spiro atoms. The number of likely N-dealkylation sites (tertiary alicyclic amines) is 1. The number of benzene rings is 1. The summed E-state index contributed by atoms with van der Waals surface area (Å²) >= 11 is 0. The van der Waals surface area contributed by atoms with Crippen molar-refractivity contribution in [1.29, 1.82) is 0 Å². The molecule has 2 saturated heterocycles. The Balaban J connectivity index is 1.50. The number of amides is 3. The molecular weight excluding hydrogens is 330 g/mol. The fraction of sp³-hybridized carbons (Fsp3) is 0.550. The first-order valence-electron chi connectivity index (χ1n) is 9.51. The predicted molar refractivity (Wildman–Crippen MR) is 100.0 cm³/mol. The standard InChI is InChI=1S/C20H27N3O3/c1-15-5-3-11-22(14-15)18(24)9-10-21-20(26)16-6-2-7-17(13-16)23-12-4-8-19(23)25/h2,6-7,13,15H,3-5,8-12,14H2,1H3,(H,21,26). The molecule has 0 bridgehead atoms. The van der Waals surface area contributed by atoms with Crippen molar-refractivity contribution in [2.45, 2.75) is 39.0 Å². The van der Waals surface area contributed by atoms with Gasteiger partial charge in [0, 0.05) is 50.3 Å². The van der Waals surface area contributed by atoms with Crippen LogP contribution in [0.5, 0.6) is 0 Å². The smallest absolute Gasteiger partial charge is 0.251 e. The van der Waals surface area contributed by atoms with Crippen molar-refractivity contribution < 1.29 is 14.4 Å². The molecule has 0 radical (unpaired) electrons. The molecule has 2 heterocycles. The third-order valence-corrected chi connectivity index (χ3v) is 5.13. The summed E-state index contributed by atoms with van der Waals surface area (Å²) in [7, 11) is 0. The number of carbonyl (C=O) groups is 3. The van der Waals surface area contributed by atoms with E-state index in [9.17, 15) is 14.4 Å². The second-order valence-corrected chi connectivity index (χ2v) is 7.29. The highest BCUT2D eigenvalue weighted by molar-refractivity contribution is 5.99. The molecule has 2 fully saturated rings. The summed E-state index contributed by atoms with van der Waals surface area (Å²) in [5, 5.41) is 2.82. The topological polar surface area (TPSA) is 69.7 Å². The number of anilines is 1. The highest BCUT2D eigenvalue weighted by atomic mass is 16.2. The Morgan fingerprint density at radius 2 is 2.08 bits per heavy atom. The Kier molecular flexibility index (Phi) is 5.91. The fourth-order valence-corrected chi connectivity index (χ4v) is 3.70. The molecule has 0 aliphatic carbocycles. The van der Waals surface area contributed by atoms with Gasteiger partial charge in [-0.15, -0.1) is 0 Å². The average Bonchev–Trinajstić information content (AvgIpc) is 3.07. The van der Waals surface area contributed by atoms with E-state index in [4.69, 9.17) is 0 Å². The lowest BCUT2D eigenvalue weighted by Gasteiger charge is -2.31. The first kappa shape index (κ1) is 18.4. The molecule has 2 aliphatic rings. The molecule has 0 saturated carbocycles. The minimum absolute atomic E-state index is 0.101.